The van der Waals surface area contributed by atoms with Gasteiger partial charge in [-0.25, -0.2) is 4.98 Å². The summed E-state index contributed by atoms with van der Waals surface area (Å²) in [5.41, 5.74) is 0. The van der Waals surface area contributed by atoms with E-state index in [0.29, 0.717) is 17.3 Å². The topological polar surface area (TPSA) is 30.0 Å². The molecule has 0 bridgehead atoms. The molecule has 1 aromatic rings. The summed E-state index contributed by atoms with van der Waals surface area (Å²) in [5, 5.41) is -0.946. The van der Waals surface area contributed by atoms with Crippen molar-refractivity contribution in [3.05, 3.63) is 16.1 Å². The predicted molar refractivity (Wildman–Crippen MR) is 53.3 cm³/mol. The van der Waals surface area contributed by atoms with E-state index in [9.17, 15) is 18.0 Å². The van der Waals surface area contributed by atoms with Gasteiger partial charge in [0.25, 0.3) is 0 Å². The van der Waals surface area contributed by atoms with Gasteiger partial charge in [0, 0.05) is 12.1 Å². The Bertz CT molecular complexity index is 408. The fraction of sp³-hybridized carbons (Fsp3) is 0.600. The quantitative estimate of drug-likeness (QED) is 0.768. The lowest BCUT2D eigenvalue weighted by atomic mass is 10.0. The molecule has 6 heteroatoms. The van der Waals surface area contributed by atoms with Crippen LogP contribution in [0.15, 0.2) is 6.20 Å². The van der Waals surface area contributed by atoms with Crippen LogP contribution in [0.5, 0.6) is 0 Å². The third-order valence-electron chi connectivity index (χ3n) is 2.73. The summed E-state index contributed by atoms with van der Waals surface area (Å²) >= 11 is 0.436. The number of hydrogen-bond donors (Lipinski definition) is 0. The summed E-state index contributed by atoms with van der Waals surface area (Å²) in [7, 11) is 0. The average molecular weight is 249 g/mol. The molecule has 2 nitrogen and oxygen atoms in total. The zero-order valence-electron chi connectivity index (χ0n) is 8.54. The molecule has 0 saturated heterocycles. The molecule has 1 aliphatic rings. The van der Waals surface area contributed by atoms with Crippen molar-refractivity contribution in [1.82, 2.24) is 4.98 Å². The van der Waals surface area contributed by atoms with Gasteiger partial charge in [-0.1, -0.05) is 6.92 Å². The van der Waals surface area contributed by atoms with Crippen LogP contribution in [0.3, 0.4) is 0 Å². The number of halogens is 3. The smallest absolute Gasteiger partial charge is 0.293 e. The number of carbonyl (C=O) groups is 1. The van der Waals surface area contributed by atoms with E-state index in [2.05, 4.69) is 4.98 Å². The number of Topliss-reactive ketones (excluding diaryl/α,β-unsaturated/α-hetero) is 1. The number of carbonyl (C=O) groups excluding carboxylic acids is 1. The first kappa shape index (κ1) is 11.6. The molecule has 0 aliphatic heterocycles. The Hall–Kier alpha value is -0.910. The van der Waals surface area contributed by atoms with Crippen molar-refractivity contribution in [2.75, 3.05) is 0 Å². The highest BCUT2D eigenvalue weighted by Gasteiger charge is 2.37. The predicted octanol–water partition coefficient (Wildman–Crippen LogP) is 3.39. The lowest BCUT2D eigenvalue weighted by Gasteiger charge is -2.05. The van der Waals surface area contributed by atoms with Gasteiger partial charge < -0.3 is 0 Å². The van der Waals surface area contributed by atoms with E-state index in [1.807, 2.05) is 0 Å². The number of aromatic nitrogens is 1. The maximum Gasteiger partial charge on any atom is 0.443 e. The first-order valence-electron chi connectivity index (χ1n) is 4.97. The lowest BCUT2D eigenvalue weighted by molar-refractivity contribution is -0.137. The van der Waals surface area contributed by atoms with Crippen LogP contribution in [0.4, 0.5) is 13.2 Å². The number of hydrogen-bond acceptors (Lipinski definition) is 3. The van der Waals surface area contributed by atoms with Crippen molar-refractivity contribution in [3.8, 4) is 0 Å². The van der Waals surface area contributed by atoms with E-state index in [1.165, 1.54) is 0 Å². The zero-order chi connectivity index (χ0) is 11.9. The van der Waals surface area contributed by atoms with Gasteiger partial charge in [0.05, 0.1) is 4.88 Å². The molecular formula is C10H10F3NOS. The van der Waals surface area contributed by atoms with Gasteiger partial charge in [0.1, 0.15) is 0 Å². The van der Waals surface area contributed by atoms with Crippen molar-refractivity contribution in [3.63, 3.8) is 0 Å². The van der Waals surface area contributed by atoms with Gasteiger partial charge in [-0.15, -0.1) is 11.3 Å². The molecule has 1 saturated carbocycles. The van der Waals surface area contributed by atoms with E-state index < -0.39 is 11.2 Å². The van der Waals surface area contributed by atoms with Crippen molar-refractivity contribution in [1.29, 1.82) is 0 Å². The van der Waals surface area contributed by atoms with E-state index in [-0.39, 0.29) is 16.6 Å². The Balaban J connectivity index is 2.15. The average Bonchev–Trinajstić information content (AvgIpc) is 2.91. The second kappa shape index (κ2) is 3.84. The van der Waals surface area contributed by atoms with Crippen LogP contribution < -0.4 is 0 Å². The van der Waals surface area contributed by atoms with Gasteiger partial charge in [-0.3, -0.25) is 4.79 Å². The Morgan fingerprint density at radius 2 is 2.19 bits per heavy atom. The highest BCUT2D eigenvalue weighted by atomic mass is 32.1. The van der Waals surface area contributed by atoms with Crippen LogP contribution in [0, 0.1) is 11.8 Å². The van der Waals surface area contributed by atoms with Crippen LogP contribution in [0.25, 0.3) is 0 Å². The van der Waals surface area contributed by atoms with Gasteiger partial charge in [0.15, 0.2) is 10.8 Å². The van der Waals surface area contributed by atoms with Gasteiger partial charge >= 0.3 is 6.18 Å². The van der Waals surface area contributed by atoms with Gasteiger partial charge in [0.2, 0.25) is 0 Å². The van der Waals surface area contributed by atoms with Crippen LogP contribution in [0.2, 0.25) is 0 Å². The summed E-state index contributed by atoms with van der Waals surface area (Å²) < 4.78 is 36.8. The zero-order valence-corrected chi connectivity index (χ0v) is 9.36. The lowest BCUT2D eigenvalue weighted by Crippen LogP contribution is -2.11. The number of ketones is 1. The molecule has 2 rings (SSSR count). The van der Waals surface area contributed by atoms with Crippen molar-refractivity contribution in [2.24, 2.45) is 11.8 Å². The third-order valence-corrected chi connectivity index (χ3v) is 3.79. The Labute approximate surface area is 94.5 Å². The van der Waals surface area contributed by atoms with Crippen LogP contribution >= 0.6 is 11.3 Å². The molecule has 1 heterocycles. The van der Waals surface area contributed by atoms with E-state index in [0.717, 1.165) is 19.0 Å². The van der Waals surface area contributed by atoms with E-state index >= 15 is 0 Å². The Morgan fingerprint density at radius 1 is 1.56 bits per heavy atom. The molecule has 1 fully saturated rings. The normalized spacial score (nSPS) is 18.5. The summed E-state index contributed by atoms with van der Waals surface area (Å²) in [6.07, 6.45) is -1.42. The Kier molecular flexibility index (Phi) is 2.77. The molecule has 0 N–H and O–H groups in total. The van der Waals surface area contributed by atoms with Crippen LogP contribution in [-0.2, 0) is 6.18 Å². The van der Waals surface area contributed by atoms with Crippen molar-refractivity contribution in [2.45, 2.75) is 25.9 Å². The van der Waals surface area contributed by atoms with E-state index in [4.69, 9.17) is 0 Å². The minimum absolute atomic E-state index is 0.117. The molecule has 1 aromatic heterocycles. The minimum Gasteiger partial charge on any atom is -0.293 e. The highest BCUT2D eigenvalue weighted by Crippen LogP contribution is 2.39. The second-order valence-corrected chi connectivity index (χ2v) is 5.05. The van der Waals surface area contributed by atoms with Crippen LogP contribution in [0.1, 0.15) is 34.4 Å². The molecule has 1 atom stereocenters. The summed E-state index contributed by atoms with van der Waals surface area (Å²) in [6.45, 7) is 1.77. The number of rotatable bonds is 3. The number of alkyl halides is 3. The molecule has 1 aliphatic carbocycles. The standard InChI is InChI=1S/C10H10F3NOS/c1-5(6-2-3-6)8(15)7-4-14-9(16-7)10(11,12)13/h4-6H,2-3H2,1H3. The summed E-state index contributed by atoms with van der Waals surface area (Å²) in [5.74, 6) is -0.0408. The summed E-state index contributed by atoms with van der Waals surface area (Å²) in [4.78, 5) is 15.1. The van der Waals surface area contributed by atoms with Gasteiger partial charge in [-0.05, 0) is 18.8 Å². The molecule has 0 aromatic carbocycles. The highest BCUT2D eigenvalue weighted by molar-refractivity contribution is 7.13. The maximum absolute atomic E-state index is 12.3. The molecule has 0 radical (unpaired) electrons. The molecule has 0 spiro atoms. The SMILES string of the molecule is CC(C(=O)c1cnc(C(F)(F)F)s1)C1CC1. The molecular weight excluding hydrogens is 239 g/mol. The van der Waals surface area contributed by atoms with E-state index in [1.54, 1.807) is 6.92 Å². The fourth-order valence-corrected chi connectivity index (χ4v) is 2.38. The maximum atomic E-state index is 12.3. The molecule has 16 heavy (non-hydrogen) atoms. The first-order valence-corrected chi connectivity index (χ1v) is 5.78. The van der Waals surface area contributed by atoms with Crippen molar-refractivity contribution >= 4 is 17.1 Å². The first-order chi connectivity index (χ1) is 7.39. The fourth-order valence-electron chi connectivity index (χ4n) is 1.55. The summed E-state index contributed by atoms with van der Waals surface area (Å²) in [6, 6.07) is 0. The monoisotopic (exact) mass is 249 g/mol. The molecule has 88 valence electrons. The number of nitrogens with zero attached hydrogens (tertiary/aromatic N) is 1. The largest absolute Gasteiger partial charge is 0.443 e. The second-order valence-electron chi connectivity index (χ2n) is 4.02. The Morgan fingerprint density at radius 3 is 2.62 bits per heavy atom. The number of thiazole rings is 1. The van der Waals surface area contributed by atoms with Crippen molar-refractivity contribution < 1.29 is 18.0 Å². The molecule has 0 amide bonds. The third kappa shape index (κ3) is 2.26. The molecule has 1 unspecified atom stereocenters. The van der Waals surface area contributed by atoms with Crippen LogP contribution in [-0.4, -0.2) is 10.8 Å². The minimum atomic E-state index is -4.45. The van der Waals surface area contributed by atoms with Gasteiger partial charge in [-0.2, -0.15) is 13.2 Å².